The number of benzene rings is 2. The highest BCUT2D eigenvalue weighted by Gasteiger charge is 2.21. The van der Waals surface area contributed by atoms with Gasteiger partial charge in [0.25, 0.3) is 0 Å². The van der Waals surface area contributed by atoms with Gasteiger partial charge in [-0.25, -0.2) is 9.78 Å². The van der Waals surface area contributed by atoms with Gasteiger partial charge in [0, 0.05) is 27.3 Å². The molecule has 0 saturated carbocycles. The summed E-state index contributed by atoms with van der Waals surface area (Å²) < 4.78 is 6.78. The zero-order chi connectivity index (χ0) is 22.2. The molecule has 0 aliphatic carbocycles. The SMILES string of the molecule is CC1CCN(Cc2c(O)ccc3cc(-c4nc(-c5ccc(Br)cc5)cs4)c(=O)oc23)CC1. The molecule has 2 aromatic carbocycles. The lowest BCUT2D eigenvalue weighted by Crippen LogP contribution is -2.32. The summed E-state index contributed by atoms with van der Waals surface area (Å²) in [7, 11) is 0. The third kappa shape index (κ3) is 4.25. The molecule has 1 fully saturated rings. The molecule has 0 spiro atoms. The van der Waals surface area contributed by atoms with Crippen molar-refractivity contribution in [3.8, 4) is 27.6 Å². The first kappa shape index (κ1) is 21.4. The molecule has 164 valence electrons. The number of hydrogen-bond acceptors (Lipinski definition) is 6. The van der Waals surface area contributed by atoms with Crippen molar-refractivity contribution in [2.45, 2.75) is 26.3 Å². The lowest BCUT2D eigenvalue weighted by atomic mass is 9.98. The molecule has 2 aromatic heterocycles. The molecule has 4 aromatic rings. The molecule has 1 aliphatic heterocycles. The quantitative estimate of drug-likeness (QED) is 0.327. The average molecular weight is 511 g/mol. The van der Waals surface area contributed by atoms with Gasteiger partial charge >= 0.3 is 5.63 Å². The van der Waals surface area contributed by atoms with Crippen LogP contribution in [0.3, 0.4) is 0 Å². The molecule has 0 amide bonds. The van der Waals surface area contributed by atoms with E-state index in [1.165, 1.54) is 11.3 Å². The Labute approximate surface area is 198 Å². The summed E-state index contributed by atoms with van der Waals surface area (Å²) in [6, 6.07) is 13.2. The fraction of sp³-hybridized carbons (Fsp3) is 0.280. The van der Waals surface area contributed by atoms with Crippen molar-refractivity contribution >= 4 is 38.2 Å². The third-order valence-electron chi connectivity index (χ3n) is 6.11. The number of fused-ring (bicyclic) bond motifs is 1. The number of likely N-dealkylation sites (tertiary alicyclic amines) is 1. The van der Waals surface area contributed by atoms with E-state index in [1.54, 1.807) is 12.1 Å². The Morgan fingerprint density at radius 1 is 1.19 bits per heavy atom. The Kier molecular flexibility index (Phi) is 5.88. The first-order valence-electron chi connectivity index (χ1n) is 10.7. The zero-order valence-electron chi connectivity index (χ0n) is 17.7. The molecule has 32 heavy (non-hydrogen) atoms. The maximum atomic E-state index is 12.9. The van der Waals surface area contributed by atoms with Crippen LogP contribution >= 0.6 is 27.3 Å². The van der Waals surface area contributed by atoms with E-state index in [9.17, 15) is 9.90 Å². The standard InChI is InChI=1S/C25H23BrN2O3S/c1-15-8-10-28(11-9-15)13-20-22(29)7-4-17-12-19(25(30)31-23(17)20)24-27-21(14-32-24)16-2-5-18(26)6-3-16/h2-7,12,14-15,29H,8-11,13H2,1H3. The van der Waals surface area contributed by atoms with Crippen molar-refractivity contribution in [2.24, 2.45) is 5.92 Å². The molecule has 1 N–H and O–H groups in total. The van der Waals surface area contributed by atoms with Gasteiger partial charge in [-0.05, 0) is 62.2 Å². The van der Waals surface area contributed by atoms with Crippen molar-refractivity contribution in [3.63, 3.8) is 0 Å². The van der Waals surface area contributed by atoms with Crippen LogP contribution in [-0.2, 0) is 6.54 Å². The number of thiazole rings is 1. The number of nitrogens with zero attached hydrogens (tertiary/aromatic N) is 2. The number of aromatic nitrogens is 1. The second-order valence-electron chi connectivity index (χ2n) is 8.43. The fourth-order valence-electron chi connectivity index (χ4n) is 4.13. The number of halogens is 1. The van der Waals surface area contributed by atoms with E-state index in [-0.39, 0.29) is 5.75 Å². The van der Waals surface area contributed by atoms with Crippen LogP contribution in [0, 0.1) is 5.92 Å². The van der Waals surface area contributed by atoms with Crippen molar-refractivity contribution in [1.82, 2.24) is 9.88 Å². The first-order chi connectivity index (χ1) is 15.5. The van der Waals surface area contributed by atoms with Gasteiger partial charge in [-0.15, -0.1) is 11.3 Å². The average Bonchev–Trinajstić information content (AvgIpc) is 3.27. The van der Waals surface area contributed by atoms with Gasteiger partial charge < -0.3 is 9.52 Å². The van der Waals surface area contributed by atoms with E-state index < -0.39 is 5.63 Å². The molecule has 1 saturated heterocycles. The van der Waals surface area contributed by atoms with Gasteiger partial charge in [-0.1, -0.05) is 35.0 Å². The fourth-order valence-corrected chi connectivity index (χ4v) is 5.22. The second kappa shape index (κ2) is 8.81. The normalized spacial score (nSPS) is 15.4. The molecule has 0 bridgehead atoms. The molecule has 0 atom stereocenters. The number of hydrogen-bond donors (Lipinski definition) is 1. The predicted molar refractivity (Wildman–Crippen MR) is 132 cm³/mol. The lowest BCUT2D eigenvalue weighted by molar-refractivity contribution is 0.183. The molecule has 0 radical (unpaired) electrons. The third-order valence-corrected chi connectivity index (χ3v) is 7.52. The Bertz CT molecular complexity index is 1320. The van der Waals surface area contributed by atoms with Crippen LogP contribution in [0.25, 0.3) is 32.8 Å². The second-order valence-corrected chi connectivity index (χ2v) is 10.2. The maximum absolute atomic E-state index is 12.9. The number of phenols is 1. The summed E-state index contributed by atoms with van der Waals surface area (Å²) in [5.41, 5.74) is 2.95. The molecule has 5 rings (SSSR count). The molecular weight excluding hydrogens is 488 g/mol. The summed E-state index contributed by atoms with van der Waals surface area (Å²) in [4.78, 5) is 19.9. The number of piperidine rings is 1. The van der Waals surface area contributed by atoms with Gasteiger partial charge in [-0.2, -0.15) is 0 Å². The minimum Gasteiger partial charge on any atom is -0.507 e. The largest absolute Gasteiger partial charge is 0.507 e. The monoisotopic (exact) mass is 510 g/mol. The van der Waals surface area contributed by atoms with E-state index in [0.29, 0.717) is 28.3 Å². The Morgan fingerprint density at radius 2 is 1.94 bits per heavy atom. The summed E-state index contributed by atoms with van der Waals surface area (Å²) in [6.07, 6.45) is 2.29. The minimum absolute atomic E-state index is 0.166. The highest BCUT2D eigenvalue weighted by molar-refractivity contribution is 9.10. The first-order valence-corrected chi connectivity index (χ1v) is 12.4. The van der Waals surface area contributed by atoms with E-state index in [0.717, 1.165) is 53.0 Å². The highest BCUT2D eigenvalue weighted by atomic mass is 79.9. The van der Waals surface area contributed by atoms with Gasteiger partial charge in [0.15, 0.2) is 0 Å². The molecule has 1 aliphatic rings. The Hall–Kier alpha value is -2.48. The van der Waals surface area contributed by atoms with Gasteiger partial charge in [0.2, 0.25) is 0 Å². The van der Waals surface area contributed by atoms with Crippen molar-refractivity contribution in [2.75, 3.05) is 13.1 Å². The van der Waals surface area contributed by atoms with Crippen LogP contribution in [0.2, 0.25) is 0 Å². The molecular formula is C25H23BrN2O3S. The van der Waals surface area contributed by atoms with Crippen molar-refractivity contribution < 1.29 is 9.52 Å². The number of rotatable bonds is 4. The van der Waals surface area contributed by atoms with Crippen LogP contribution in [0.4, 0.5) is 0 Å². The van der Waals surface area contributed by atoms with Crippen LogP contribution in [0.15, 0.2) is 61.5 Å². The van der Waals surface area contributed by atoms with Gasteiger partial charge in [-0.3, -0.25) is 4.90 Å². The number of phenolic OH excluding ortho intramolecular Hbond substituents is 1. The van der Waals surface area contributed by atoms with Crippen LogP contribution in [-0.4, -0.2) is 28.1 Å². The minimum atomic E-state index is -0.437. The van der Waals surface area contributed by atoms with E-state index >= 15 is 0 Å². The van der Waals surface area contributed by atoms with Crippen molar-refractivity contribution in [1.29, 1.82) is 0 Å². The van der Waals surface area contributed by atoms with Gasteiger partial charge in [0.05, 0.1) is 16.8 Å². The van der Waals surface area contributed by atoms with Crippen LogP contribution in [0.5, 0.6) is 5.75 Å². The highest BCUT2D eigenvalue weighted by Crippen LogP contribution is 2.33. The molecule has 5 nitrogen and oxygen atoms in total. The lowest BCUT2D eigenvalue weighted by Gasteiger charge is -2.30. The van der Waals surface area contributed by atoms with E-state index in [4.69, 9.17) is 4.42 Å². The summed E-state index contributed by atoms with van der Waals surface area (Å²) >= 11 is 4.86. The molecule has 0 unspecified atom stereocenters. The van der Waals surface area contributed by atoms with Crippen LogP contribution in [0.1, 0.15) is 25.3 Å². The summed E-state index contributed by atoms with van der Waals surface area (Å²) in [6.45, 7) is 4.81. The van der Waals surface area contributed by atoms with E-state index in [2.05, 4.69) is 32.7 Å². The topological polar surface area (TPSA) is 66.6 Å². The van der Waals surface area contributed by atoms with Gasteiger partial charge in [0.1, 0.15) is 16.3 Å². The summed E-state index contributed by atoms with van der Waals surface area (Å²) in [5.74, 6) is 0.896. The van der Waals surface area contributed by atoms with Crippen molar-refractivity contribution in [3.05, 3.63) is 68.3 Å². The molecule has 3 heterocycles. The maximum Gasteiger partial charge on any atom is 0.346 e. The van der Waals surface area contributed by atoms with Crippen LogP contribution < -0.4 is 5.63 Å². The Morgan fingerprint density at radius 3 is 2.69 bits per heavy atom. The zero-order valence-corrected chi connectivity index (χ0v) is 20.1. The van der Waals surface area contributed by atoms with E-state index in [1.807, 2.05) is 35.7 Å². The Balaban J connectivity index is 1.50. The summed E-state index contributed by atoms with van der Waals surface area (Å²) in [5, 5.41) is 13.9. The predicted octanol–water partition coefficient (Wildman–Crippen LogP) is 6.28. The smallest absolute Gasteiger partial charge is 0.346 e. The molecule has 7 heteroatoms. The number of aromatic hydroxyl groups is 1.